The summed E-state index contributed by atoms with van der Waals surface area (Å²) < 4.78 is 16.5. The van der Waals surface area contributed by atoms with Crippen molar-refractivity contribution in [1.29, 1.82) is 0 Å². The number of nitrogens with zero attached hydrogens (tertiary/aromatic N) is 3. The zero-order chi connectivity index (χ0) is 23.5. The van der Waals surface area contributed by atoms with Gasteiger partial charge in [-0.3, -0.25) is 0 Å². The number of hydrogen-bond donors (Lipinski definition) is 1. The molecule has 0 saturated carbocycles. The molecule has 0 fully saturated rings. The maximum absolute atomic E-state index is 5.79. The van der Waals surface area contributed by atoms with Crippen molar-refractivity contribution in [3.63, 3.8) is 0 Å². The zero-order valence-corrected chi connectivity index (χ0v) is 20.3. The number of ether oxygens (including phenoxy) is 2. The molecule has 33 heavy (non-hydrogen) atoms. The van der Waals surface area contributed by atoms with Gasteiger partial charge in [0.2, 0.25) is 5.82 Å². The molecule has 1 unspecified atom stereocenters. The van der Waals surface area contributed by atoms with E-state index in [2.05, 4.69) is 36.1 Å². The molecule has 0 radical (unpaired) electrons. The molecule has 0 amide bonds. The van der Waals surface area contributed by atoms with Gasteiger partial charge in [0.1, 0.15) is 11.5 Å². The van der Waals surface area contributed by atoms with E-state index >= 15 is 0 Å². The van der Waals surface area contributed by atoms with E-state index in [1.54, 1.807) is 14.2 Å². The van der Waals surface area contributed by atoms with E-state index in [0.717, 1.165) is 40.4 Å². The van der Waals surface area contributed by atoms with Crippen molar-refractivity contribution in [3.8, 4) is 22.9 Å². The van der Waals surface area contributed by atoms with Crippen LogP contribution in [0.5, 0.6) is 11.5 Å². The van der Waals surface area contributed by atoms with E-state index < -0.39 is 0 Å². The zero-order valence-electron chi connectivity index (χ0n) is 19.5. The first-order chi connectivity index (χ1) is 15.9. The van der Waals surface area contributed by atoms with Gasteiger partial charge in [0.05, 0.1) is 25.8 Å². The summed E-state index contributed by atoms with van der Waals surface area (Å²) in [6.45, 7) is 7.16. The van der Waals surface area contributed by atoms with Crippen LogP contribution in [0.4, 0.5) is 0 Å². The Morgan fingerprint density at radius 1 is 1.09 bits per heavy atom. The van der Waals surface area contributed by atoms with Gasteiger partial charge < -0.3 is 24.2 Å². The molecule has 1 aliphatic heterocycles. The van der Waals surface area contributed by atoms with Gasteiger partial charge in [-0.05, 0) is 67.0 Å². The van der Waals surface area contributed by atoms with Crippen molar-refractivity contribution in [2.45, 2.75) is 26.8 Å². The highest BCUT2D eigenvalue weighted by molar-refractivity contribution is 7.80. The molecule has 0 aliphatic carbocycles. The second-order valence-electron chi connectivity index (χ2n) is 8.31. The second-order valence-corrected chi connectivity index (χ2v) is 8.70. The SMILES string of the molecule is COc1ccc(-c2noc(C3=C(C)N(CC(C)C)C(=S)NC3c3cccc(OC)c3)n2)cc1. The summed E-state index contributed by atoms with van der Waals surface area (Å²) in [5, 5.41) is 8.41. The monoisotopic (exact) mass is 464 g/mol. The molecule has 1 N–H and O–H groups in total. The molecule has 4 rings (SSSR count). The summed E-state index contributed by atoms with van der Waals surface area (Å²) in [6.07, 6.45) is 0. The van der Waals surface area contributed by atoms with Gasteiger partial charge in [0.15, 0.2) is 5.11 Å². The van der Waals surface area contributed by atoms with Crippen LogP contribution in [0, 0.1) is 5.92 Å². The molecular weight excluding hydrogens is 436 g/mol. The van der Waals surface area contributed by atoms with Crippen molar-refractivity contribution < 1.29 is 14.0 Å². The fourth-order valence-corrected chi connectivity index (χ4v) is 4.23. The van der Waals surface area contributed by atoms with Gasteiger partial charge in [-0.25, -0.2) is 0 Å². The minimum atomic E-state index is -0.250. The van der Waals surface area contributed by atoms with Gasteiger partial charge >= 0.3 is 0 Å². The van der Waals surface area contributed by atoms with Crippen LogP contribution in [-0.4, -0.2) is 40.9 Å². The first-order valence-electron chi connectivity index (χ1n) is 10.8. The number of aromatic nitrogens is 2. The number of rotatable bonds is 7. The maximum Gasteiger partial charge on any atom is 0.258 e. The van der Waals surface area contributed by atoms with Gasteiger partial charge in [-0.15, -0.1) is 0 Å². The highest BCUT2D eigenvalue weighted by Crippen LogP contribution is 2.38. The van der Waals surface area contributed by atoms with Crippen LogP contribution < -0.4 is 14.8 Å². The molecule has 2 heterocycles. The topological polar surface area (TPSA) is 72.7 Å². The van der Waals surface area contributed by atoms with E-state index in [1.165, 1.54) is 0 Å². The lowest BCUT2D eigenvalue weighted by Crippen LogP contribution is -2.47. The predicted molar refractivity (Wildman–Crippen MR) is 132 cm³/mol. The minimum absolute atomic E-state index is 0.250. The summed E-state index contributed by atoms with van der Waals surface area (Å²) in [5.74, 6) is 2.93. The Bertz CT molecular complexity index is 1170. The summed E-state index contributed by atoms with van der Waals surface area (Å²) >= 11 is 5.74. The minimum Gasteiger partial charge on any atom is -0.497 e. The number of thiocarbonyl (C=S) groups is 1. The number of nitrogens with one attached hydrogen (secondary N) is 1. The normalized spacial score (nSPS) is 16.2. The van der Waals surface area contributed by atoms with Crippen molar-refractivity contribution >= 4 is 22.9 Å². The van der Waals surface area contributed by atoms with Gasteiger partial charge in [0.25, 0.3) is 5.89 Å². The number of benzene rings is 2. The Morgan fingerprint density at radius 2 is 1.82 bits per heavy atom. The molecule has 0 bridgehead atoms. The summed E-state index contributed by atoms with van der Waals surface area (Å²) in [4.78, 5) is 6.85. The van der Waals surface area contributed by atoms with Crippen molar-refractivity contribution in [2.75, 3.05) is 20.8 Å². The van der Waals surface area contributed by atoms with Gasteiger partial charge in [0, 0.05) is 17.8 Å². The average molecular weight is 465 g/mol. The van der Waals surface area contributed by atoms with E-state index in [9.17, 15) is 0 Å². The highest BCUT2D eigenvalue weighted by atomic mass is 32.1. The summed E-state index contributed by atoms with van der Waals surface area (Å²) in [6, 6.07) is 15.2. The van der Waals surface area contributed by atoms with Crippen LogP contribution in [0.1, 0.15) is 38.3 Å². The first kappa shape index (κ1) is 22.8. The quantitative estimate of drug-likeness (QED) is 0.486. The summed E-state index contributed by atoms with van der Waals surface area (Å²) in [5.41, 5.74) is 3.73. The third kappa shape index (κ3) is 4.71. The number of methoxy groups -OCH3 is 2. The van der Waals surface area contributed by atoms with Crippen LogP contribution in [0.25, 0.3) is 17.0 Å². The Morgan fingerprint density at radius 3 is 2.48 bits per heavy atom. The Labute approximate surface area is 199 Å². The average Bonchev–Trinajstić information content (AvgIpc) is 3.31. The molecule has 0 spiro atoms. The highest BCUT2D eigenvalue weighted by Gasteiger charge is 2.34. The van der Waals surface area contributed by atoms with Crippen molar-refractivity contribution in [3.05, 3.63) is 65.7 Å². The van der Waals surface area contributed by atoms with Crippen LogP contribution in [0.2, 0.25) is 0 Å². The third-order valence-corrected chi connectivity index (χ3v) is 5.91. The lowest BCUT2D eigenvalue weighted by molar-refractivity contribution is 0.385. The Balaban J connectivity index is 1.79. The van der Waals surface area contributed by atoms with Crippen LogP contribution in [-0.2, 0) is 0 Å². The maximum atomic E-state index is 5.79. The van der Waals surface area contributed by atoms with Crippen LogP contribution >= 0.6 is 12.2 Å². The molecular formula is C25H28N4O3S. The number of hydrogen-bond acceptors (Lipinski definition) is 6. The lowest BCUT2D eigenvalue weighted by Gasteiger charge is -2.38. The van der Waals surface area contributed by atoms with E-state index in [1.807, 2.05) is 48.5 Å². The van der Waals surface area contributed by atoms with Crippen LogP contribution in [0.15, 0.2) is 58.8 Å². The van der Waals surface area contributed by atoms with Crippen molar-refractivity contribution in [2.24, 2.45) is 5.92 Å². The van der Waals surface area contributed by atoms with E-state index in [4.69, 9.17) is 31.2 Å². The van der Waals surface area contributed by atoms with Crippen LogP contribution in [0.3, 0.4) is 0 Å². The standard InChI is InChI=1S/C25H28N4O3S/c1-15(2)14-29-16(3)21(22(26-25(29)33)18-7-6-8-20(13-18)31-5)24-27-23(28-32-24)17-9-11-19(30-4)12-10-17/h6-13,15,22H,14H2,1-5H3,(H,26,33). The Kier molecular flexibility index (Phi) is 6.65. The molecule has 1 atom stereocenters. The van der Waals surface area contributed by atoms with Crippen molar-refractivity contribution in [1.82, 2.24) is 20.4 Å². The van der Waals surface area contributed by atoms with Gasteiger partial charge in [-0.2, -0.15) is 4.98 Å². The number of allylic oxidation sites excluding steroid dienone is 1. The largest absolute Gasteiger partial charge is 0.497 e. The molecule has 0 saturated heterocycles. The smallest absolute Gasteiger partial charge is 0.258 e. The predicted octanol–water partition coefficient (Wildman–Crippen LogP) is 5.07. The fraction of sp³-hybridized carbons (Fsp3) is 0.320. The van der Waals surface area contributed by atoms with Gasteiger partial charge in [-0.1, -0.05) is 31.1 Å². The van der Waals surface area contributed by atoms with E-state index in [-0.39, 0.29) is 6.04 Å². The first-order valence-corrected chi connectivity index (χ1v) is 11.2. The lowest BCUT2D eigenvalue weighted by atomic mass is 9.94. The molecule has 3 aromatic rings. The Hall–Kier alpha value is -3.39. The second kappa shape index (κ2) is 9.62. The molecule has 8 heteroatoms. The third-order valence-electron chi connectivity index (χ3n) is 5.58. The fourth-order valence-electron chi connectivity index (χ4n) is 3.90. The van der Waals surface area contributed by atoms with E-state index in [0.29, 0.717) is 22.7 Å². The molecule has 2 aromatic carbocycles. The molecule has 1 aromatic heterocycles. The molecule has 1 aliphatic rings. The molecule has 7 nitrogen and oxygen atoms in total. The summed E-state index contributed by atoms with van der Waals surface area (Å²) in [7, 11) is 3.29. The molecule has 172 valence electrons.